The van der Waals surface area contributed by atoms with E-state index in [1.165, 1.54) is 25.1 Å². The summed E-state index contributed by atoms with van der Waals surface area (Å²) in [5.41, 5.74) is 2.07. The maximum atomic E-state index is 13.6. The number of nitrogens with one attached hydrogen (secondary N) is 1. The molecule has 0 spiro atoms. The van der Waals surface area contributed by atoms with Crippen LogP contribution >= 0.6 is 0 Å². The lowest BCUT2D eigenvalue weighted by Gasteiger charge is -2.15. The highest BCUT2D eigenvalue weighted by Gasteiger charge is 2.19. The minimum absolute atomic E-state index is 0.130. The van der Waals surface area contributed by atoms with Crippen LogP contribution in [0, 0.1) is 5.82 Å². The SMILES string of the molecule is CC(=O)c1ccc(F)cc1-c1ccc(C(=O)NCCN2CCCC2=O)cc1. The molecule has 0 radical (unpaired) electrons. The van der Waals surface area contributed by atoms with Gasteiger partial charge >= 0.3 is 0 Å². The molecule has 5 nitrogen and oxygen atoms in total. The van der Waals surface area contributed by atoms with Gasteiger partial charge in [0.15, 0.2) is 5.78 Å². The molecule has 2 amide bonds. The van der Waals surface area contributed by atoms with E-state index in [2.05, 4.69) is 5.32 Å². The molecule has 0 aromatic heterocycles. The molecule has 140 valence electrons. The molecule has 0 bridgehead atoms. The van der Waals surface area contributed by atoms with Gasteiger partial charge < -0.3 is 10.2 Å². The summed E-state index contributed by atoms with van der Waals surface area (Å²) in [4.78, 5) is 37.3. The summed E-state index contributed by atoms with van der Waals surface area (Å²) in [6.45, 7) is 3.08. The molecule has 1 aliphatic rings. The van der Waals surface area contributed by atoms with Crippen molar-refractivity contribution in [2.24, 2.45) is 0 Å². The number of likely N-dealkylation sites (tertiary alicyclic amines) is 1. The van der Waals surface area contributed by atoms with E-state index in [4.69, 9.17) is 0 Å². The maximum Gasteiger partial charge on any atom is 0.251 e. The van der Waals surface area contributed by atoms with Gasteiger partial charge in [0.05, 0.1) is 0 Å². The van der Waals surface area contributed by atoms with Crippen LogP contribution in [0.25, 0.3) is 11.1 Å². The number of rotatable bonds is 6. The first-order valence-electron chi connectivity index (χ1n) is 8.92. The Morgan fingerprint density at radius 1 is 1.15 bits per heavy atom. The Bertz CT molecular complexity index is 877. The first kappa shape index (κ1) is 18.8. The molecule has 1 aliphatic heterocycles. The van der Waals surface area contributed by atoms with Gasteiger partial charge in [-0.1, -0.05) is 12.1 Å². The molecule has 1 heterocycles. The average Bonchev–Trinajstić information content (AvgIpc) is 3.06. The van der Waals surface area contributed by atoms with Crippen molar-refractivity contribution in [3.05, 3.63) is 59.4 Å². The summed E-state index contributed by atoms with van der Waals surface area (Å²) in [5, 5.41) is 2.80. The van der Waals surface area contributed by atoms with Crippen LogP contribution < -0.4 is 5.32 Å². The second kappa shape index (κ2) is 8.12. The number of hydrogen-bond donors (Lipinski definition) is 1. The fraction of sp³-hybridized carbons (Fsp3) is 0.286. The van der Waals surface area contributed by atoms with Crippen molar-refractivity contribution in [2.75, 3.05) is 19.6 Å². The number of hydrogen-bond acceptors (Lipinski definition) is 3. The van der Waals surface area contributed by atoms with Crippen molar-refractivity contribution in [3.63, 3.8) is 0 Å². The zero-order chi connectivity index (χ0) is 19.4. The number of ketones is 1. The second-order valence-electron chi connectivity index (χ2n) is 6.56. The van der Waals surface area contributed by atoms with E-state index < -0.39 is 5.82 Å². The van der Waals surface area contributed by atoms with Crippen molar-refractivity contribution in [2.45, 2.75) is 19.8 Å². The van der Waals surface area contributed by atoms with E-state index in [0.717, 1.165) is 13.0 Å². The molecule has 6 heteroatoms. The molecular weight excluding hydrogens is 347 g/mol. The number of carbonyl (C=O) groups excluding carboxylic acids is 3. The molecule has 2 aromatic carbocycles. The van der Waals surface area contributed by atoms with Crippen LogP contribution in [0.5, 0.6) is 0 Å². The largest absolute Gasteiger partial charge is 0.350 e. The molecule has 0 saturated carbocycles. The minimum atomic E-state index is -0.423. The number of halogens is 1. The third kappa shape index (κ3) is 4.39. The van der Waals surface area contributed by atoms with Crippen LogP contribution in [0.4, 0.5) is 4.39 Å². The number of benzene rings is 2. The molecule has 2 aromatic rings. The van der Waals surface area contributed by atoms with E-state index in [-0.39, 0.29) is 17.6 Å². The Balaban J connectivity index is 1.66. The standard InChI is InChI=1S/C21H21FN2O3/c1-14(25)18-9-8-17(22)13-19(18)15-4-6-16(7-5-15)21(27)23-10-12-24-11-2-3-20(24)26/h4-9,13H,2-3,10-12H2,1H3,(H,23,27). The topological polar surface area (TPSA) is 66.5 Å². The molecule has 27 heavy (non-hydrogen) atoms. The lowest BCUT2D eigenvalue weighted by Crippen LogP contribution is -2.35. The van der Waals surface area contributed by atoms with Gasteiger partial charge in [0.25, 0.3) is 5.91 Å². The van der Waals surface area contributed by atoms with Crippen LogP contribution in [0.2, 0.25) is 0 Å². The fourth-order valence-corrected chi connectivity index (χ4v) is 3.21. The number of amides is 2. The van der Waals surface area contributed by atoms with E-state index in [9.17, 15) is 18.8 Å². The van der Waals surface area contributed by atoms with E-state index >= 15 is 0 Å². The van der Waals surface area contributed by atoms with E-state index in [1.807, 2.05) is 0 Å². The van der Waals surface area contributed by atoms with Crippen molar-refractivity contribution >= 4 is 17.6 Å². The molecule has 0 aliphatic carbocycles. The smallest absolute Gasteiger partial charge is 0.251 e. The monoisotopic (exact) mass is 368 g/mol. The van der Waals surface area contributed by atoms with E-state index in [1.54, 1.807) is 29.2 Å². The van der Waals surface area contributed by atoms with Gasteiger partial charge in [-0.15, -0.1) is 0 Å². The molecule has 3 rings (SSSR count). The van der Waals surface area contributed by atoms with E-state index in [0.29, 0.717) is 41.8 Å². The van der Waals surface area contributed by atoms with Gasteiger partial charge in [-0.3, -0.25) is 14.4 Å². The number of carbonyl (C=O) groups is 3. The lowest BCUT2D eigenvalue weighted by molar-refractivity contribution is -0.127. The number of nitrogens with zero attached hydrogens (tertiary/aromatic N) is 1. The lowest BCUT2D eigenvalue weighted by atomic mass is 9.96. The van der Waals surface area contributed by atoms with Crippen LogP contribution in [-0.2, 0) is 4.79 Å². The molecule has 1 fully saturated rings. The highest BCUT2D eigenvalue weighted by Crippen LogP contribution is 2.25. The van der Waals surface area contributed by atoms with Crippen LogP contribution in [0.1, 0.15) is 40.5 Å². The van der Waals surface area contributed by atoms with Crippen molar-refractivity contribution in [1.82, 2.24) is 10.2 Å². The summed E-state index contributed by atoms with van der Waals surface area (Å²) < 4.78 is 13.6. The van der Waals surface area contributed by atoms with Crippen LogP contribution in [0.3, 0.4) is 0 Å². The van der Waals surface area contributed by atoms with Gasteiger partial charge in [0.1, 0.15) is 5.82 Å². The fourth-order valence-electron chi connectivity index (χ4n) is 3.21. The zero-order valence-electron chi connectivity index (χ0n) is 15.1. The van der Waals surface area contributed by atoms with Gasteiger partial charge in [-0.25, -0.2) is 4.39 Å². The Labute approximate surface area is 157 Å². The molecule has 1 saturated heterocycles. The highest BCUT2D eigenvalue weighted by atomic mass is 19.1. The number of Topliss-reactive ketones (excluding diaryl/α,β-unsaturated/α-hetero) is 1. The van der Waals surface area contributed by atoms with Crippen molar-refractivity contribution in [1.29, 1.82) is 0 Å². The van der Waals surface area contributed by atoms with Crippen molar-refractivity contribution < 1.29 is 18.8 Å². The molecule has 1 N–H and O–H groups in total. The average molecular weight is 368 g/mol. The van der Waals surface area contributed by atoms with Crippen LogP contribution in [0.15, 0.2) is 42.5 Å². The summed E-state index contributed by atoms with van der Waals surface area (Å²) in [5.74, 6) is -0.680. The first-order valence-corrected chi connectivity index (χ1v) is 8.92. The second-order valence-corrected chi connectivity index (χ2v) is 6.56. The minimum Gasteiger partial charge on any atom is -0.350 e. The maximum absolute atomic E-state index is 13.6. The Hall–Kier alpha value is -3.02. The van der Waals surface area contributed by atoms with Gasteiger partial charge in [-0.05, 0) is 54.8 Å². The highest BCUT2D eigenvalue weighted by molar-refractivity contribution is 6.01. The Morgan fingerprint density at radius 3 is 2.52 bits per heavy atom. The summed E-state index contributed by atoms with van der Waals surface area (Å²) in [6, 6.07) is 10.7. The summed E-state index contributed by atoms with van der Waals surface area (Å²) in [7, 11) is 0. The van der Waals surface area contributed by atoms with Gasteiger partial charge in [0.2, 0.25) is 5.91 Å². The Morgan fingerprint density at radius 2 is 1.89 bits per heavy atom. The molecule has 0 unspecified atom stereocenters. The predicted octanol–water partition coefficient (Wildman–Crippen LogP) is 3.05. The third-order valence-corrected chi connectivity index (χ3v) is 4.66. The summed E-state index contributed by atoms with van der Waals surface area (Å²) in [6.07, 6.45) is 1.45. The molecule has 0 atom stereocenters. The first-order chi connectivity index (χ1) is 13.0. The third-order valence-electron chi connectivity index (χ3n) is 4.66. The van der Waals surface area contributed by atoms with Gasteiger partial charge in [-0.2, -0.15) is 0 Å². The predicted molar refractivity (Wildman–Crippen MR) is 100.0 cm³/mol. The molecular formula is C21H21FN2O3. The van der Waals surface area contributed by atoms with Crippen molar-refractivity contribution in [3.8, 4) is 11.1 Å². The van der Waals surface area contributed by atoms with Gasteiger partial charge in [0, 0.05) is 37.2 Å². The zero-order valence-corrected chi connectivity index (χ0v) is 15.1. The van der Waals surface area contributed by atoms with Crippen LogP contribution in [-0.4, -0.2) is 42.1 Å². The normalized spacial score (nSPS) is 13.7. The summed E-state index contributed by atoms with van der Waals surface area (Å²) >= 11 is 0. The quantitative estimate of drug-likeness (QED) is 0.797. The Kier molecular flexibility index (Phi) is 5.64.